The number of carbonyl (C=O) groups excluding carboxylic acids is 2. The van der Waals surface area contributed by atoms with Crippen LogP contribution in [0.15, 0.2) is 0 Å². The van der Waals surface area contributed by atoms with Gasteiger partial charge in [-0.1, -0.05) is 13.8 Å². The van der Waals surface area contributed by atoms with Crippen LogP contribution in [0.25, 0.3) is 0 Å². The second-order valence-corrected chi connectivity index (χ2v) is 11.0. The van der Waals surface area contributed by atoms with Gasteiger partial charge in [-0.3, -0.25) is 14.4 Å². The summed E-state index contributed by atoms with van der Waals surface area (Å²) in [6, 6.07) is 0. The van der Waals surface area contributed by atoms with Crippen LogP contribution in [0.1, 0.15) is 85.0 Å². The molecule has 4 fully saturated rings. The predicted octanol–water partition coefficient (Wildman–Crippen LogP) is 4.19. The quantitative estimate of drug-likeness (QED) is 0.737. The minimum atomic E-state index is -0.736. The number of carboxylic acids is 1. The highest BCUT2D eigenvalue weighted by molar-refractivity contribution is 5.80. The maximum Gasteiger partial charge on any atom is 0.303 e. The number of amides is 1. The standard InChI is InChI=1S/C24H37NO4/c1-14(4-9-22(28)29)18-7-8-19-17-6-5-15-12-16(26)10-11-23(15,2)20(17)13-21(27)25-24(18,19)3/h14-15,17-20H,4-13H2,1-3H3,(H,25,27)(H,28,29)/t14-,15-,17?,18-,19?,20?,23+,24-/m1/s1. The zero-order chi connectivity index (χ0) is 21.0. The topological polar surface area (TPSA) is 83.5 Å². The first kappa shape index (κ1) is 20.9. The molecule has 5 nitrogen and oxygen atoms in total. The van der Waals surface area contributed by atoms with E-state index in [-0.39, 0.29) is 29.2 Å². The third-order valence-electron chi connectivity index (χ3n) is 9.72. The van der Waals surface area contributed by atoms with Gasteiger partial charge >= 0.3 is 5.97 Å². The van der Waals surface area contributed by atoms with E-state index in [1.54, 1.807) is 0 Å². The number of carbonyl (C=O) groups is 3. The van der Waals surface area contributed by atoms with Gasteiger partial charge < -0.3 is 10.4 Å². The molecule has 0 spiro atoms. The van der Waals surface area contributed by atoms with E-state index in [4.69, 9.17) is 5.11 Å². The molecule has 2 N–H and O–H groups in total. The fourth-order valence-corrected chi connectivity index (χ4v) is 8.15. The summed E-state index contributed by atoms with van der Waals surface area (Å²) in [6.45, 7) is 6.77. The zero-order valence-corrected chi connectivity index (χ0v) is 18.2. The molecular weight excluding hydrogens is 366 g/mol. The summed E-state index contributed by atoms with van der Waals surface area (Å²) in [4.78, 5) is 36.3. The molecule has 1 heterocycles. The van der Waals surface area contributed by atoms with Gasteiger partial charge in [-0.05, 0) is 86.4 Å². The van der Waals surface area contributed by atoms with Gasteiger partial charge in [0.15, 0.2) is 0 Å². The molecule has 3 aliphatic carbocycles. The summed E-state index contributed by atoms with van der Waals surface area (Å²) in [5, 5.41) is 12.6. The Morgan fingerprint density at radius 2 is 1.90 bits per heavy atom. The van der Waals surface area contributed by atoms with E-state index in [0.717, 1.165) is 32.1 Å². The van der Waals surface area contributed by atoms with Crippen LogP contribution in [-0.4, -0.2) is 28.3 Å². The number of Topliss-reactive ketones (excluding diaryl/α,β-unsaturated/α-hetero) is 1. The van der Waals surface area contributed by atoms with E-state index in [9.17, 15) is 14.4 Å². The Hall–Kier alpha value is -1.39. The van der Waals surface area contributed by atoms with E-state index in [1.807, 2.05) is 0 Å². The van der Waals surface area contributed by atoms with Crippen molar-refractivity contribution in [2.75, 3.05) is 0 Å². The first-order valence-electron chi connectivity index (χ1n) is 11.7. The van der Waals surface area contributed by atoms with Crippen LogP contribution < -0.4 is 5.32 Å². The van der Waals surface area contributed by atoms with Crippen LogP contribution in [0.5, 0.6) is 0 Å². The zero-order valence-electron chi connectivity index (χ0n) is 18.2. The maximum atomic E-state index is 13.1. The monoisotopic (exact) mass is 403 g/mol. The summed E-state index contributed by atoms with van der Waals surface area (Å²) < 4.78 is 0. The Morgan fingerprint density at radius 1 is 1.14 bits per heavy atom. The Balaban J connectivity index is 1.61. The average molecular weight is 404 g/mol. The second-order valence-electron chi connectivity index (χ2n) is 11.0. The molecular formula is C24H37NO4. The van der Waals surface area contributed by atoms with Crippen LogP contribution in [-0.2, 0) is 14.4 Å². The number of carboxylic acid groups (broad SMARTS) is 1. The molecule has 0 aromatic heterocycles. The van der Waals surface area contributed by atoms with E-state index in [1.165, 1.54) is 0 Å². The molecule has 3 saturated carbocycles. The molecule has 3 unspecified atom stereocenters. The molecule has 8 atom stereocenters. The van der Waals surface area contributed by atoms with Gasteiger partial charge in [-0.15, -0.1) is 0 Å². The van der Waals surface area contributed by atoms with Crippen molar-refractivity contribution < 1.29 is 19.5 Å². The van der Waals surface area contributed by atoms with E-state index >= 15 is 0 Å². The third kappa shape index (κ3) is 3.42. The SMILES string of the molecule is C[C@H](CCC(=O)O)[C@H]1CCC2C3CC[C@@H]4CC(=O)CC[C@]4(C)C3CC(=O)N[C@@]21C. The lowest BCUT2D eigenvalue weighted by Gasteiger charge is -2.55. The fourth-order valence-electron chi connectivity index (χ4n) is 8.15. The highest BCUT2D eigenvalue weighted by Gasteiger charge is 2.60. The van der Waals surface area contributed by atoms with Gasteiger partial charge in [0.1, 0.15) is 5.78 Å². The van der Waals surface area contributed by atoms with Crippen LogP contribution in [0.3, 0.4) is 0 Å². The van der Waals surface area contributed by atoms with Crippen LogP contribution in [0, 0.1) is 40.9 Å². The summed E-state index contributed by atoms with van der Waals surface area (Å²) in [5.41, 5.74) is -0.130. The number of hydrogen-bond acceptors (Lipinski definition) is 3. The first-order valence-corrected chi connectivity index (χ1v) is 11.7. The van der Waals surface area contributed by atoms with Crippen molar-refractivity contribution in [1.29, 1.82) is 0 Å². The van der Waals surface area contributed by atoms with Gasteiger partial charge in [0, 0.05) is 31.2 Å². The molecule has 4 rings (SSSR count). The van der Waals surface area contributed by atoms with Crippen molar-refractivity contribution in [1.82, 2.24) is 5.32 Å². The molecule has 1 saturated heterocycles. The fraction of sp³-hybridized carbons (Fsp3) is 0.875. The summed E-state index contributed by atoms with van der Waals surface area (Å²) in [6.07, 6.45) is 8.23. The van der Waals surface area contributed by atoms with Crippen molar-refractivity contribution in [3.05, 3.63) is 0 Å². The normalized spacial score (nSPS) is 45.4. The Kier molecular flexibility index (Phi) is 5.31. The molecule has 0 aromatic carbocycles. The first-order chi connectivity index (χ1) is 13.6. The minimum Gasteiger partial charge on any atom is -0.481 e. The molecule has 0 aromatic rings. The number of nitrogens with one attached hydrogen (secondary N) is 1. The second kappa shape index (κ2) is 7.39. The lowest BCUT2D eigenvalue weighted by molar-refractivity contribution is -0.137. The highest BCUT2D eigenvalue weighted by Crippen LogP contribution is 2.62. The van der Waals surface area contributed by atoms with Crippen molar-refractivity contribution in [3.8, 4) is 0 Å². The maximum absolute atomic E-state index is 13.1. The van der Waals surface area contributed by atoms with E-state index in [2.05, 4.69) is 26.1 Å². The lowest BCUT2D eigenvalue weighted by atomic mass is 9.49. The summed E-state index contributed by atoms with van der Waals surface area (Å²) in [7, 11) is 0. The molecule has 1 aliphatic heterocycles. The predicted molar refractivity (Wildman–Crippen MR) is 110 cm³/mol. The molecule has 1 amide bonds. The Morgan fingerprint density at radius 3 is 2.62 bits per heavy atom. The molecule has 5 heteroatoms. The largest absolute Gasteiger partial charge is 0.481 e. The minimum absolute atomic E-state index is 0.104. The molecule has 29 heavy (non-hydrogen) atoms. The van der Waals surface area contributed by atoms with Crippen molar-refractivity contribution in [3.63, 3.8) is 0 Å². The summed E-state index contributed by atoms with van der Waals surface area (Å²) >= 11 is 0. The number of fused-ring (bicyclic) bond motifs is 5. The number of aliphatic carboxylic acids is 1. The van der Waals surface area contributed by atoms with Gasteiger partial charge in [-0.25, -0.2) is 0 Å². The van der Waals surface area contributed by atoms with E-state index in [0.29, 0.717) is 61.1 Å². The van der Waals surface area contributed by atoms with Crippen molar-refractivity contribution in [2.45, 2.75) is 90.5 Å². The average Bonchev–Trinajstić information content (AvgIpc) is 2.92. The Labute approximate surface area is 174 Å². The summed E-state index contributed by atoms with van der Waals surface area (Å²) in [5.74, 6) is 2.27. The van der Waals surface area contributed by atoms with Crippen molar-refractivity contribution >= 4 is 17.7 Å². The van der Waals surface area contributed by atoms with Gasteiger partial charge in [0.2, 0.25) is 5.91 Å². The van der Waals surface area contributed by atoms with Gasteiger partial charge in [-0.2, -0.15) is 0 Å². The Bertz CT molecular complexity index is 705. The number of ketones is 1. The molecule has 4 aliphatic rings. The van der Waals surface area contributed by atoms with Gasteiger partial charge in [0.05, 0.1) is 0 Å². The van der Waals surface area contributed by atoms with Gasteiger partial charge in [0.25, 0.3) is 0 Å². The highest BCUT2D eigenvalue weighted by atomic mass is 16.4. The number of hydrogen-bond donors (Lipinski definition) is 2. The van der Waals surface area contributed by atoms with Crippen LogP contribution in [0.4, 0.5) is 0 Å². The van der Waals surface area contributed by atoms with Crippen LogP contribution >= 0.6 is 0 Å². The van der Waals surface area contributed by atoms with E-state index < -0.39 is 5.97 Å². The van der Waals surface area contributed by atoms with Crippen molar-refractivity contribution in [2.24, 2.45) is 40.9 Å². The molecule has 162 valence electrons. The smallest absolute Gasteiger partial charge is 0.303 e. The van der Waals surface area contributed by atoms with Crippen LogP contribution in [0.2, 0.25) is 0 Å². The molecule has 0 bridgehead atoms. The lowest BCUT2D eigenvalue weighted by Crippen LogP contribution is -2.55. The third-order valence-corrected chi connectivity index (χ3v) is 9.72. The number of rotatable bonds is 4. The molecule has 0 radical (unpaired) electrons.